The number of aromatic nitrogens is 1. The second-order valence-electron chi connectivity index (χ2n) is 4.74. The lowest BCUT2D eigenvalue weighted by Crippen LogP contribution is -2.16. The molecule has 4 heteroatoms. The van der Waals surface area contributed by atoms with Crippen LogP contribution < -0.4 is 11.1 Å². The summed E-state index contributed by atoms with van der Waals surface area (Å²) in [5, 5.41) is 3.42. The fourth-order valence-corrected chi connectivity index (χ4v) is 2.31. The van der Waals surface area contributed by atoms with E-state index in [1.54, 1.807) is 0 Å². The minimum Gasteiger partial charge on any atom is -0.370 e. The van der Waals surface area contributed by atoms with Gasteiger partial charge in [0.25, 0.3) is 0 Å². The van der Waals surface area contributed by atoms with Crippen LogP contribution in [0.4, 0.5) is 0 Å². The molecule has 0 radical (unpaired) electrons. The van der Waals surface area contributed by atoms with Gasteiger partial charge in [-0.25, -0.2) is 0 Å². The van der Waals surface area contributed by atoms with Crippen molar-refractivity contribution >= 4 is 5.91 Å². The number of rotatable bonds is 8. The van der Waals surface area contributed by atoms with Crippen molar-refractivity contribution in [2.75, 3.05) is 6.54 Å². The van der Waals surface area contributed by atoms with E-state index in [4.69, 9.17) is 5.73 Å². The first kappa shape index (κ1) is 14.8. The molecule has 0 atom stereocenters. The van der Waals surface area contributed by atoms with E-state index in [1.807, 2.05) is 0 Å². The first-order valence-corrected chi connectivity index (χ1v) is 6.70. The Balaban J connectivity index is 2.29. The van der Waals surface area contributed by atoms with Crippen molar-refractivity contribution in [2.45, 2.75) is 53.1 Å². The fraction of sp³-hybridized carbons (Fsp3) is 0.643. The molecule has 0 bridgehead atoms. The van der Waals surface area contributed by atoms with Gasteiger partial charge in [0.2, 0.25) is 5.91 Å². The quantitative estimate of drug-likeness (QED) is 0.693. The van der Waals surface area contributed by atoms with Gasteiger partial charge in [0, 0.05) is 30.9 Å². The molecular weight excluding hydrogens is 226 g/mol. The van der Waals surface area contributed by atoms with Crippen LogP contribution in [0.3, 0.4) is 0 Å². The molecule has 0 aromatic carbocycles. The smallest absolute Gasteiger partial charge is 0.217 e. The zero-order valence-corrected chi connectivity index (χ0v) is 11.8. The number of nitrogens with one attached hydrogen (secondary N) is 1. The van der Waals surface area contributed by atoms with Gasteiger partial charge in [-0.15, -0.1) is 0 Å². The maximum absolute atomic E-state index is 10.6. The Kier molecular flexibility index (Phi) is 5.92. The average Bonchev–Trinajstić information content (AvgIpc) is 2.58. The van der Waals surface area contributed by atoms with Gasteiger partial charge >= 0.3 is 0 Å². The van der Waals surface area contributed by atoms with Crippen LogP contribution >= 0.6 is 0 Å². The molecule has 1 aromatic heterocycles. The summed E-state index contributed by atoms with van der Waals surface area (Å²) in [6.07, 6.45) is 2.36. The molecule has 0 spiro atoms. The lowest BCUT2D eigenvalue weighted by atomic mass is 10.2. The Bertz CT molecular complexity index is 396. The minimum absolute atomic E-state index is 0.207. The molecule has 0 fully saturated rings. The summed E-state index contributed by atoms with van der Waals surface area (Å²) in [6, 6.07) is 2.25. The highest BCUT2D eigenvalue weighted by molar-refractivity contribution is 5.73. The second kappa shape index (κ2) is 7.21. The number of hydrogen-bond acceptors (Lipinski definition) is 2. The molecular formula is C14H25N3O. The van der Waals surface area contributed by atoms with Gasteiger partial charge in [-0.05, 0) is 51.8 Å². The lowest BCUT2D eigenvalue weighted by molar-refractivity contribution is -0.118. The van der Waals surface area contributed by atoms with Crippen LogP contribution in [-0.2, 0) is 17.9 Å². The van der Waals surface area contributed by atoms with E-state index in [2.05, 4.69) is 36.7 Å². The van der Waals surface area contributed by atoms with Crippen LogP contribution in [0.25, 0.3) is 0 Å². The third-order valence-corrected chi connectivity index (χ3v) is 3.34. The van der Waals surface area contributed by atoms with E-state index in [0.29, 0.717) is 6.42 Å². The van der Waals surface area contributed by atoms with Gasteiger partial charge in [0.05, 0.1) is 0 Å². The number of aryl methyl sites for hydroxylation is 1. The van der Waals surface area contributed by atoms with Crippen molar-refractivity contribution in [3.05, 3.63) is 23.0 Å². The van der Waals surface area contributed by atoms with Gasteiger partial charge in [-0.3, -0.25) is 4.79 Å². The SMILES string of the molecule is CCn1c(C)cc(CNCCCCC(N)=O)c1C. The van der Waals surface area contributed by atoms with Gasteiger partial charge in [0.1, 0.15) is 0 Å². The first-order chi connectivity index (χ1) is 8.56. The zero-order chi connectivity index (χ0) is 13.5. The minimum atomic E-state index is -0.207. The second-order valence-corrected chi connectivity index (χ2v) is 4.74. The van der Waals surface area contributed by atoms with Gasteiger partial charge in [-0.2, -0.15) is 0 Å². The van der Waals surface area contributed by atoms with Gasteiger partial charge in [0.15, 0.2) is 0 Å². The van der Waals surface area contributed by atoms with Crippen molar-refractivity contribution in [2.24, 2.45) is 5.73 Å². The van der Waals surface area contributed by atoms with Crippen LogP contribution in [0.2, 0.25) is 0 Å². The highest BCUT2D eigenvalue weighted by Crippen LogP contribution is 2.14. The van der Waals surface area contributed by atoms with Gasteiger partial charge < -0.3 is 15.6 Å². The standard InChI is InChI=1S/C14H25N3O/c1-4-17-11(2)9-13(12(17)3)10-16-8-6-5-7-14(15)18/h9,16H,4-8,10H2,1-3H3,(H2,15,18). The topological polar surface area (TPSA) is 60.1 Å². The third-order valence-electron chi connectivity index (χ3n) is 3.34. The number of carbonyl (C=O) groups is 1. The van der Waals surface area contributed by atoms with Crippen LogP contribution in [0.15, 0.2) is 6.07 Å². The summed E-state index contributed by atoms with van der Waals surface area (Å²) >= 11 is 0. The Hall–Kier alpha value is -1.29. The number of nitrogens with zero attached hydrogens (tertiary/aromatic N) is 1. The van der Waals surface area contributed by atoms with E-state index in [9.17, 15) is 4.79 Å². The lowest BCUT2D eigenvalue weighted by Gasteiger charge is -2.07. The number of carbonyl (C=O) groups excluding carboxylic acids is 1. The fourth-order valence-electron chi connectivity index (χ4n) is 2.31. The van der Waals surface area contributed by atoms with Crippen LogP contribution in [0.5, 0.6) is 0 Å². The predicted molar refractivity (Wildman–Crippen MR) is 74.3 cm³/mol. The Morgan fingerprint density at radius 3 is 2.67 bits per heavy atom. The third kappa shape index (κ3) is 4.18. The van der Waals surface area contributed by atoms with Crippen LogP contribution in [-0.4, -0.2) is 17.0 Å². The van der Waals surface area contributed by atoms with E-state index in [1.165, 1.54) is 17.0 Å². The highest BCUT2D eigenvalue weighted by atomic mass is 16.1. The van der Waals surface area contributed by atoms with Crippen molar-refractivity contribution in [3.63, 3.8) is 0 Å². The molecule has 1 amide bonds. The predicted octanol–water partition coefficient (Wildman–Crippen LogP) is 1.87. The molecule has 0 saturated carbocycles. The molecule has 1 rings (SSSR count). The molecule has 1 heterocycles. The Morgan fingerprint density at radius 1 is 1.39 bits per heavy atom. The molecule has 0 aliphatic heterocycles. The van der Waals surface area contributed by atoms with Crippen molar-refractivity contribution < 1.29 is 4.79 Å². The maximum Gasteiger partial charge on any atom is 0.217 e. The molecule has 0 aliphatic carbocycles. The first-order valence-electron chi connectivity index (χ1n) is 6.70. The summed E-state index contributed by atoms with van der Waals surface area (Å²) in [6.45, 7) is 9.34. The molecule has 4 nitrogen and oxygen atoms in total. The van der Waals surface area contributed by atoms with Gasteiger partial charge in [-0.1, -0.05) is 0 Å². The van der Waals surface area contributed by atoms with Crippen LogP contribution in [0.1, 0.15) is 43.1 Å². The zero-order valence-electron chi connectivity index (χ0n) is 11.8. The monoisotopic (exact) mass is 251 g/mol. The number of unbranched alkanes of at least 4 members (excludes halogenated alkanes) is 1. The molecule has 0 aliphatic rings. The largest absolute Gasteiger partial charge is 0.370 e. The summed E-state index contributed by atoms with van der Waals surface area (Å²) < 4.78 is 2.32. The van der Waals surface area contributed by atoms with Crippen molar-refractivity contribution in [3.8, 4) is 0 Å². The Morgan fingerprint density at radius 2 is 2.11 bits per heavy atom. The normalized spacial score (nSPS) is 10.8. The summed E-state index contributed by atoms with van der Waals surface area (Å²) in [4.78, 5) is 10.6. The summed E-state index contributed by atoms with van der Waals surface area (Å²) in [7, 11) is 0. The number of hydrogen-bond donors (Lipinski definition) is 2. The van der Waals surface area contributed by atoms with Crippen LogP contribution in [0, 0.1) is 13.8 Å². The Labute approximate surface area is 110 Å². The maximum atomic E-state index is 10.6. The number of amides is 1. The highest BCUT2D eigenvalue weighted by Gasteiger charge is 2.06. The molecule has 3 N–H and O–H groups in total. The van der Waals surface area contributed by atoms with Crippen molar-refractivity contribution in [1.29, 1.82) is 0 Å². The average molecular weight is 251 g/mol. The molecule has 0 unspecified atom stereocenters. The molecule has 18 heavy (non-hydrogen) atoms. The van der Waals surface area contributed by atoms with E-state index >= 15 is 0 Å². The molecule has 102 valence electrons. The molecule has 0 saturated heterocycles. The molecule has 1 aromatic rings. The van der Waals surface area contributed by atoms with E-state index in [0.717, 1.165) is 32.5 Å². The van der Waals surface area contributed by atoms with E-state index in [-0.39, 0.29) is 5.91 Å². The summed E-state index contributed by atoms with van der Waals surface area (Å²) in [5.41, 5.74) is 9.12. The van der Waals surface area contributed by atoms with Crippen molar-refractivity contribution in [1.82, 2.24) is 9.88 Å². The number of nitrogens with two attached hydrogens (primary N) is 1. The summed E-state index contributed by atoms with van der Waals surface area (Å²) in [5.74, 6) is -0.207. The number of primary amides is 1. The van der Waals surface area contributed by atoms with E-state index < -0.39 is 0 Å².